The van der Waals surface area contributed by atoms with Crippen LogP contribution in [0.5, 0.6) is 0 Å². The van der Waals surface area contributed by atoms with Crippen molar-refractivity contribution in [2.24, 2.45) is 0 Å². The Hall–Kier alpha value is -0.920. The van der Waals surface area contributed by atoms with Gasteiger partial charge in [-0.15, -0.1) is 0 Å². The molecule has 1 rings (SSSR count). The summed E-state index contributed by atoms with van der Waals surface area (Å²) in [7, 11) is -5.07. The number of unbranched alkanes of at least 4 members (excludes halogenated alkanes) is 27. The minimum absolute atomic E-state index is 0.218. The Morgan fingerprint density at radius 3 is 1.33 bits per heavy atom. The molecule has 12 nitrogen and oxygen atoms in total. The summed E-state index contributed by atoms with van der Waals surface area (Å²) >= 11 is 0. The highest BCUT2D eigenvalue weighted by molar-refractivity contribution is 7.47. The van der Waals surface area contributed by atoms with Gasteiger partial charge in [-0.2, -0.15) is 0 Å². The molecule has 57 heavy (non-hydrogen) atoms. The summed E-state index contributed by atoms with van der Waals surface area (Å²) in [5.41, 5.74) is 0. The fourth-order valence-electron chi connectivity index (χ4n) is 7.49. The number of carbonyl (C=O) groups is 1. The Kier molecular flexibility index (Phi) is 33.0. The van der Waals surface area contributed by atoms with E-state index in [9.17, 15) is 44.9 Å². The second kappa shape index (κ2) is 34.8. The predicted octanol–water partition coefficient (Wildman–Crippen LogP) is 8.45. The van der Waals surface area contributed by atoms with E-state index in [0.29, 0.717) is 6.42 Å². The number of hydrogen-bond donors (Lipinski definition) is 8. The van der Waals surface area contributed by atoms with Gasteiger partial charge < -0.3 is 40.8 Å². The smallest absolute Gasteiger partial charge is 0.387 e. The number of hydrogen-bond acceptors (Lipinski definition) is 10. The summed E-state index contributed by atoms with van der Waals surface area (Å²) in [6, 6.07) is -1.11. The minimum atomic E-state index is -5.07. The molecule has 0 aromatic heterocycles. The Bertz CT molecular complexity index is 1020. The van der Waals surface area contributed by atoms with Crippen LogP contribution in [0.3, 0.4) is 0 Å². The van der Waals surface area contributed by atoms with Gasteiger partial charge in [-0.3, -0.25) is 13.8 Å². The maximum atomic E-state index is 12.9. The third-order valence-electron chi connectivity index (χ3n) is 11.3. The van der Waals surface area contributed by atoms with Crippen molar-refractivity contribution in [2.45, 2.75) is 255 Å². The summed E-state index contributed by atoms with van der Waals surface area (Å²) in [5.74, 6) is -0.338. The lowest BCUT2D eigenvalue weighted by Gasteiger charge is -2.41. The molecule has 1 aliphatic carbocycles. The summed E-state index contributed by atoms with van der Waals surface area (Å²) in [6.45, 7) is 3.84. The first-order valence-corrected chi connectivity index (χ1v) is 24.6. The standard InChI is InChI=1S/C44H86NO11P/c1-3-5-7-9-11-13-15-17-18-19-20-22-24-26-28-30-32-34-38(47)45-36(37(46)33-31-29-27-25-23-21-16-14-12-10-8-6-4-2)35-55-57(53,54)56-44-42(51)40(49)39(48)41(50)43(44)52/h31,33,36-37,39-44,46,48-52H,3-30,32,34-35H2,1-2H3,(H,45,47)(H,53,54)/b33-31+/t36-,37+,39?,40+,41?,42?,43?,44?/m0/s1. The number of allylic oxidation sites excluding steroid dienone is 1. The second-order valence-corrected chi connectivity index (χ2v) is 18.0. The second-order valence-electron chi connectivity index (χ2n) is 16.6. The minimum Gasteiger partial charge on any atom is -0.387 e. The highest BCUT2D eigenvalue weighted by Crippen LogP contribution is 2.47. The third kappa shape index (κ3) is 26.8. The molecule has 0 heterocycles. The normalized spacial score (nSPS) is 23.5. The van der Waals surface area contributed by atoms with Gasteiger partial charge in [0.2, 0.25) is 5.91 Å². The summed E-state index contributed by atoms with van der Waals surface area (Å²) in [5, 5.41) is 63.9. The molecule has 338 valence electrons. The monoisotopic (exact) mass is 836 g/mol. The number of rotatable bonds is 38. The van der Waals surface area contributed by atoms with Crippen LogP contribution < -0.4 is 5.32 Å². The topological polar surface area (TPSA) is 206 Å². The van der Waals surface area contributed by atoms with Crippen molar-refractivity contribution in [2.75, 3.05) is 6.61 Å². The molecule has 6 unspecified atom stereocenters. The van der Waals surface area contributed by atoms with Crippen LogP contribution >= 0.6 is 7.82 Å². The van der Waals surface area contributed by atoms with Crippen molar-refractivity contribution in [1.82, 2.24) is 5.32 Å². The van der Waals surface area contributed by atoms with Crippen LogP contribution in [0.1, 0.15) is 206 Å². The summed E-state index contributed by atoms with van der Waals surface area (Å²) in [4.78, 5) is 23.3. The number of aliphatic hydroxyl groups excluding tert-OH is 6. The van der Waals surface area contributed by atoms with Crippen LogP contribution in [0.15, 0.2) is 12.2 Å². The maximum absolute atomic E-state index is 12.9. The van der Waals surface area contributed by atoms with Crippen molar-refractivity contribution >= 4 is 13.7 Å². The van der Waals surface area contributed by atoms with E-state index in [2.05, 4.69) is 19.2 Å². The lowest BCUT2D eigenvalue weighted by molar-refractivity contribution is -0.220. The first-order valence-electron chi connectivity index (χ1n) is 23.1. The van der Waals surface area contributed by atoms with Gasteiger partial charge in [-0.25, -0.2) is 4.57 Å². The first-order chi connectivity index (χ1) is 27.4. The zero-order chi connectivity index (χ0) is 42.2. The molecule has 1 fully saturated rings. The van der Waals surface area contributed by atoms with Crippen molar-refractivity contribution in [3.63, 3.8) is 0 Å². The van der Waals surface area contributed by atoms with E-state index >= 15 is 0 Å². The van der Waals surface area contributed by atoms with Gasteiger partial charge >= 0.3 is 7.82 Å². The van der Waals surface area contributed by atoms with Crippen LogP contribution in [0.2, 0.25) is 0 Å². The number of carbonyl (C=O) groups excluding carboxylic acids is 1. The van der Waals surface area contributed by atoms with Crippen LogP contribution in [0.4, 0.5) is 0 Å². The fraction of sp³-hybridized carbons (Fsp3) is 0.932. The molecule has 0 bridgehead atoms. The van der Waals surface area contributed by atoms with E-state index < -0.39 is 63.2 Å². The van der Waals surface area contributed by atoms with E-state index in [-0.39, 0.29) is 12.3 Å². The van der Waals surface area contributed by atoms with Crippen LogP contribution in [-0.4, -0.2) is 96.8 Å². The lowest BCUT2D eigenvalue weighted by atomic mass is 9.85. The van der Waals surface area contributed by atoms with Gasteiger partial charge in [0.15, 0.2) is 0 Å². The van der Waals surface area contributed by atoms with Gasteiger partial charge in [0.25, 0.3) is 0 Å². The SMILES string of the molecule is CCCCCCCCCCCCC/C=C/[C@@H](O)[C@H](COP(=O)(O)OC1C(O)C(O)C(O)[C@@H](O)C1O)NC(=O)CCCCCCCCCCCCCCCCCCC. The number of nitrogens with one attached hydrogen (secondary N) is 1. The summed E-state index contributed by atoms with van der Waals surface area (Å²) in [6.07, 6.45) is 25.7. The van der Waals surface area contributed by atoms with Crippen LogP contribution in [-0.2, 0) is 18.4 Å². The fourth-order valence-corrected chi connectivity index (χ4v) is 8.46. The molecule has 0 aliphatic heterocycles. The van der Waals surface area contributed by atoms with Gasteiger partial charge in [-0.05, 0) is 19.3 Å². The largest absolute Gasteiger partial charge is 0.472 e. The first kappa shape index (κ1) is 54.1. The Morgan fingerprint density at radius 2 is 0.930 bits per heavy atom. The molecular weight excluding hydrogens is 749 g/mol. The molecule has 0 saturated heterocycles. The van der Waals surface area contributed by atoms with Crippen LogP contribution in [0, 0.1) is 0 Å². The van der Waals surface area contributed by atoms with Gasteiger partial charge in [0, 0.05) is 6.42 Å². The number of aliphatic hydroxyl groups is 6. The van der Waals surface area contributed by atoms with E-state index in [1.165, 1.54) is 141 Å². The maximum Gasteiger partial charge on any atom is 0.472 e. The molecule has 13 heteroatoms. The number of phosphoric acid groups is 1. The lowest BCUT2D eigenvalue weighted by Crippen LogP contribution is -2.64. The molecule has 0 spiro atoms. The molecule has 0 aromatic rings. The van der Waals surface area contributed by atoms with Crippen molar-refractivity contribution in [1.29, 1.82) is 0 Å². The average molecular weight is 836 g/mol. The Balaban J connectivity index is 2.48. The van der Waals surface area contributed by atoms with Crippen molar-refractivity contribution in [3.05, 3.63) is 12.2 Å². The molecule has 9 atom stereocenters. The Labute approximate surface area is 346 Å². The summed E-state index contributed by atoms with van der Waals surface area (Å²) < 4.78 is 22.9. The third-order valence-corrected chi connectivity index (χ3v) is 12.3. The average Bonchev–Trinajstić information content (AvgIpc) is 3.19. The zero-order valence-corrected chi connectivity index (χ0v) is 36.8. The molecule has 1 amide bonds. The molecular formula is C44H86NO11P. The van der Waals surface area contributed by atoms with Gasteiger partial charge in [0.1, 0.15) is 36.6 Å². The highest BCUT2D eigenvalue weighted by Gasteiger charge is 2.51. The van der Waals surface area contributed by atoms with E-state index in [1.54, 1.807) is 0 Å². The number of amides is 1. The molecule has 0 radical (unpaired) electrons. The molecule has 1 aliphatic rings. The molecule has 0 aromatic carbocycles. The van der Waals surface area contributed by atoms with Gasteiger partial charge in [0.05, 0.1) is 18.8 Å². The molecule has 8 N–H and O–H groups in total. The molecule has 1 saturated carbocycles. The van der Waals surface area contributed by atoms with Crippen LogP contribution in [0.25, 0.3) is 0 Å². The van der Waals surface area contributed by atoms with E-state index in [0.717, 1.165) is 44.9 Å². The predicted molar refractivity (Wildman–Crippen MR) is 228 cm³/mol. The number of phosphoric ester groups is 1. The van der Waals surface area contributed by atoms with E-state index in [1.807, 2.05) is 6.08 Å². The zero-order valence-electron chi connectivity index (χ0n) is 35.9. The quantitative estimate of drug-likeness (QED) is 0.0168. The van der Waals surface area contributed by atoms with Crippen molar-refractivity contribution < 1.29 is 53.9 Å². The highest BCUT2D eigenvalue weighted by atomic mass is 31.2. The van der Waals surface area contributed by atoms with Gasteiger partial charge in [-0.1, -0.05) is 193 Å². The van der Waals surface area contributed by atoms with E-state index in [4.69, 9.17) is 9.05 Å². The Morgan fingerprint density at radius 1 is 0.579 bits per heavy atom. The van der Waals surface area contributed by atoms with Crippen molar-refractivity contribution in [3.8, 4) is 0 Å².